The number of benzene rings is 8. The summed E-state index contributed by atoms with van der Waals surface area (Å²) in [5, 5.41) is 4.93. The third kappa shape index (κ3) is 4.79. The lowest BCUT2D eigenvalue weighted by molar-refractivity contribution is 0.660. The summed E-state index contributed by atoms with van der Waals surface area (Å²) in [5.74, 6) is 0. The molecule has 0 aliphatic heterocycles. The Balaban J connectivity index is 1.19. The summed E-state index contributed by atoms with van der Waals surface area (Å²) in [6.07, 6.45) is 0. The van der Waals surface area contributed by atoms with Crippen molar-refractivity contribution in [1.82, 2.24) is 0 Å². The highest BCUT2D eigenvalue weighted by atomic mass is 15.1. The average Bonchev–Trinajstić information content (AvgIpc) is 3.38. The fourth-order valence-electron chi connectivity index (χ4n) is 7.81. The molecule has 0 N–H and O–H groups in total. The van der Waals surface area contributed by atoms with Gasteiger partial charge < -0.3 is 9.80 Å². The van der Waals surface area contributed by atoms with Crippen molar-refractivity contribution in [1.29, 1.82) is 0 Å². The van der Waals surface area contributed by atoms with Gasteiger partial charge in [-0.25, -0.2) is 0 Å². The van der Waals surface area contributed by atoms with Gasteiger partial charge in [-0.2, -0.15) is 0 Å². The molecular weight excluding hydrogens is 593 g/mol. The van der Waals surface area contributed by atoms with Crippen LogP contribution in [0.4, 0.5) is 34.1 Å². The van der Waals surface area contributed by atoms with Crippen LogP contribution in [0, 0.1) is 0 Å². The minimum absolute atomic E-state index is 0.209. The molecule has 1 aliphatic carbocycles. The van der Waals surface area contributed by atoms with Crippen LogP contribution in [0.2, 0.25) is 0 Å². The molecule has 49 heavy (non-hydrogen) atoms. The molecular formula is C47H36N2. The Morgan fingerprint density at radius 1 is 0.347 bits per heavy atom. The standard InChI is InChI=1S/C47H36N2/c1-47(2)43-31-37(48(35-19-5-3-6-20-35)45-25-13-17-33-15-9-11-23-39(33)45)27-29-41(43)42-30-28-38(32-44(42)47)49(36-21-7-4-8-22-36)46-26-14-18-34-16-10-12-24-40(34)46/h3-32H,1-2H3. The minimum Gasteiger partial charge on any atom is -0.310 e. The van der Waals surface area contributed by atoms with Crippen molar-refractivity contribution in [2.24, 2.45) is 0 Å². The molecule has 9 rings (SSSR count). The fraction of sp³-hybridized carbons (Fsp3) is 0.0638. The van der Waals surface area contributed by atoms with Gasteiger partial charge in [-0.3, -0.25) is 0 Å². The summed E-state index contributed by atoms with van der Waals surface area (Å²) >= 11 is 0. The number of rotatable bonds is 6. The van der Waals surface area contributed by atoms with Crippen molar-refractivity contribution in [2.75, 3.05) is 9.80 Å². The van der Waals surface area contributed by atoms with Crippen LogP contribution in [-0.4, -0.2) is 0 Å². The normalized spacial score (nSPS) is 12.9. The number of hydrogen-bond donors (Lipinski definition) is 0. The van der Waals surface area contributed by atoms with Crippen LogP contribution in [0.3, 0.4) is 0 Å². The van der Waals surface area contributed by atoms with Crippen LogP contribution in [0.1, 0.15) is 25.0 Å². The largest absolute Gasteiger partial charge is 0.310 e. The van der Waals surface area contributed by atoms with Gasteiger partial charge >= 0.3 is 0 Å². The van der Waals surface area contributed by atoms with Gasteiger partial charge in [0, 0.05) is 38.9 Å². The van der Waals surface area contributed by atoms with Crippen LogP contribution < -0.4 is 9.80 Å². The number of para-hydroxylation sites is 2. The first-order chi connectivity index (χ1) is 24.1. The monoisotopic (exact) mass is 628 g/mol. The van der Waals surface area contributed by atoms with E-state index in [0.29, 0.717) is 0 Å². The van der Waals surface area contributed by atoms with Gasteiger partial charge in [-0.1, -0.05) is 135 Å². The van der Waals surface area contributed by atoms with Crippen molar-refractivity contribution in [2.45, 2.75) is 19.3 Å². The van der Waals surface area contributed by atoms with E-state index in [1.54, 1.807) is 0 Å². The lowest BCUT2D eigenvalue weighted by atomic mass is 9.82. The molecule has 0 atom stereocenters. The van der Waals surface area contributed by atoms with E-state index >= 15 is 0 Å². The zero-order chi connectivity index (χ0) is 33.0. The second kappa shape index (κ2) is 11.5. The summed E-state index contributed by atoms with van der Waals surface area (Å²) in [7, 11) is 0. The maximum atomic E-state index is 2.42. The molecule has 0 unspecified atom stereocenters. The van der Waals surface area contributed by atoms with E-state index in [1.807, 2.05) is 0 Å². The van der Waals surface area contributed by atoms with E-state index in [0.717, 1.165) is 22.7 Å². The molecule has 0 saturated carbocycles. The molecule has 8 aromatic rings. The molecule has 0 fully saturated rings. The van der Waals surface area contributed by atoms with E-state index in [1.165, 1.54) is 55.2 Å². The third-order valence-electron chi connectivity index (χ3n) is 10.2. The third-order valence-corrected chi connectivity index (χ3v) is 10.2. The zero-order valence-electron chi connectivity index (χ0n) is 27.7. The van der Waals surface area contributed by atoms with Crippen LogP contribution in [0.5, 0.6) is 0 Å². The summed E-state index contributed by atoms with van der Waals surface area (Å²) < 4.78 is 0. The lowest BCUT2D eigenvalue weighted by Crippen LogP contribution is -2.17. The van der Waals surface area contributed by atoms with Gasteiger partial charge in [-0.05, 0) is 93.7 Å². The summed E-state index contributed by atoms with van der Waals surface area (Å²) in [4.78, 5) is 4.82. The molecule has 2 nitrogen and oxygen atoms in total. The SMILES string of the molecule is CC1(C)c2cc(N(c3ccccc3)c3cccc4ccccc34)ccc2-c2ccc(N(c3ccccc3)c3cccc4ccccc34)cc21. The highest BCUT2D eigenvalue weighted by Crippen LogP contribution is 2.53. The first-order valence-corrected chi connectivity index (χ1v) is 17.0. The smallest absolute Gasteiger partial charge is 0.0540 e. The van der Waals surface area contributed by atoms with Crippen LogP contribution in [0.15, 0.2) is 182 Å². The fourth-order valence-corrected chi connectivity index (χ4v) is 7.81. The van der Waals surface area contributed by atoms with E-state index in [4.69, 9.17) is 0 Å². The van der Waals surface area contributed by atoms with Crippen molar-refractivity contribution in [3.05, 3.63) is 193 Å². The van der Waals surface area contributed by atoms with Gasteiger partial charge in [0.2, 0.25) is 0 Å². The number of fused-ring (bicyclic) bond motifs is 5. The number of anilines is 6. The van der Waals surface area contributed by atoms with Gasteiger partial charge in [0.25, 0.3) is 0 Å². The Morgan fingerprint density at radius 2 is 0.735 bits per heavy atom. The predicted molar refractivity (Wildman–Crippen MR) is 208 cm³/mol. The van der Waals surface area contributed by atoms with Crippen LogP contribution in [0.25, 0.3) is 32.7 Å². The van der Waals surface area contributed by atoms with Gasteiger partial charge in [0.05, 0.1) is 11.4 Å². The molecule has 0 aromatic heterocycles. The topological polar surface area (TPSA) is 6.48 Å². The molecule has 0 heterocycles. The maximum absolute atomic E-state index is 2.42. The molecule has 0 spiro atoms. The first kappa shape index (κ1) is 29.1. The quantitative estimate of drug-likeness (QED) is 0.181. The second-order valence-corrected chi connectivity index (χ2v) is 13.4. The highest BCUT2D eigenvalue weighted by molar-refractivity contribution is 6.01. The minimum atomic E-state index is -0.209. The Bertz CT molecular complexity index is 2290. The molecule has 2 heteroatoms. The molecule has 0 amide bonds. The molecule has 1 aliphatic rings. The Kier molecular flexibility index (Phi) is 6.84. The van der Waals surface area contributed by atoms with E-state index in [-0.39, 0.29) is 5.41 Å². The zero-order valence-corrected chi connectivity index (χ0v) is 27.7. The molecule has 234 valence electrons. The van der Waals surface area contributed by atoms with Crippen LogP contribution in [-0.2, 0) is 5.41 Å². The summed E-state index contributed by atoms with van der Waals surface area (Å²) in [6, 6.07) is 66.1. The first-order valence-electron chi connectivity index (χ1n) is 17.0. The van der Waals surface area contributed by atoms with Crippen molar-refractivity contribution < 1.29 is 0 Å². The summed E-state index contributed by atoms with van der Waals surface area (Å²) in [5.41, 5.74) is 12.0. The lowest BCUT2D eigenvalue weighted by Gasteiger charge is -2.30. The van der Waals surface area contributed by atoms with Crippen LogP contribution >= 0.6 is 0 Å². The van der Waals surface area contributed by atoms with Crippen molar-refractivity contribution in [3.63, 3.8) is 0 Å². The average molecular weight is 629 g/mol. The molecule has 0 bridgehead atoms. The van der Waals surface area contributed by atoms with Gasteiger partial charge in [0.15, 0.2) is 0 Å². The maximum Gasteiger partial charge on any atom is 0.0540 e. The predicted octanol–water partition coefficient (Wildman–Crippen LogP) is 13.2. The van der Waals surface area contributed by atoms with Crippen molar-refractivity contribution in [3.8, 4) is 11.1 Å². The Morgan fingerprint density at radius 3 is 1.18 bits per heavy atom. The summed E-state index contributed by atoms with van der Waals surface area (Å²) in [6.45, 7) is 4.75. The Hall–Kier alpha value is -6.12. The van der Waals surface area contributed by atoms with Crippen molar-refractivity contribution >= 4 is 55.7 Å². The van der Waals surface area contributed by atoms with E-state index in [2.05, 4.69) is 206 Å². The highest BCUT2D eigenvalue weighted by Gasteiger charge is 2.37. The molecule has 8 aromatic carbocycles. The van der Waals surface area contributed by atoms with E-state index in [9.17, 15) is 0 Å². The molecule has 0 radical (unpaired) electrons. The second-order valence-electron chi connectivity index (χ2n) is 13.4. The number of hydrogen-bond acceptors (Lipinski definition) is 2. The number of nitrogens with zero attached hydrogens (tertiary/aromatic N) is 2. The molecule has 0 saturated heterocycles. The van der Waals surface area contributed by atoms with Gasteiger partial charge in [0.1, 0.15) is 0 Å². The van der Waals surface area contributed by atoms with E-state index < -0.39 is 0 Å². The van der Waals surface area contributed by atoms with Gasteiger partial charge in [-0.15, -0.1) is 0 Å². The Labute approximate surface area is 288 Å².